The van der Waals surface area contributed by atoms with Crippen LogP contribution in [0.1, 0.15) is 37.3 Å². The van der Waals surface area contributed by atoms with Crippen LogP contribution in [0.15, 0.2) is 54.2 Å². The largest absolute Gasteiger partial charge is 0.494 e. The van der Waals surface area contributed by atoms with Crippen LogP contribution in [0.2, 0.25) is 0 Å². The van der Waals surface area contributed by atoms with E-state index in [2.05, 4.69) is 11.8 Å². The van der Waals surface area contributed by atoms with Crippen LogP contribution >= 0.6 is 0 Å². The molecule has 0 atom stereocenters. The van der Waals surface area contributed by atoms with Gasteiger partial charge in [0.15, 0.2) is 0 Å². The SMILES string of the molecule is CCCOc1ccc(C2=C(N3CCCC3)C(=O)N(c3cccc(C)c3)C2=O)cc1. The van der Waals surface area contributed by atoms with Crippen LogP contribution in [0.25, 0.3) is 5.57 Å². The molecule has 0 spiro atoms. The molecular weight excluding hydrogens is 364 g/mol. The van der Waals surface area contributed by atoms with E-state index in [4.69, 9.17) is 4.74 Å². The molecule has 0 unspecified atom stereocenters. The van der Waals surface area contributed by atoms with Gasteiger partial charge in [0.2, 0.25) is 0 Å². The van der Waals surface area contributed by atoms with E-state index in [9.17, 15) is 9.59 Å². The zero-order chi connectivity index (χ0) is 20.4. The molecule has 1 fully saturated rings. The quantitative estimate of drug-likeness (QED) is 0.695. The molecule has 0 aliphatic carbocycles. The van der Waals surface area contributed by atoms with Gasteiger partial charge in [-0.3, -0.25) is 9.59 Å². The molecule has 150 valence electrons. The Morgan fingerprint density at radius 1 is 0.966 bits per heavy atom. The lowest BCUT2D eigenvalue weighted by Crippen LogP contribution is -2.34. The Bertz CT molecular complexity index is 956. The van der Waals surface area contributed by atoms with Crippen molar-refractivity contribution in [1.29, 1.82) is 0 Å². The number of carbonyl (C=O) groups excluding carboxylic acids is 2. The second-order valence-electron chi connectivity index (χ2n) is 7.58. The number of rotatable bonds is 6. The van der Waals surface area contributed by atoms with Gasteiger partial charge in [0.1, 0.15) is 11.4 Å². The topological polar surface area (TPSA) is 49.9 Å². The number of hydrogen-bond donors (Lipinski definition) is 0. The van der Waals surface area contributed by atoms with E-state index in [1.807, 2.05) is 55.5 Å². The number of likely N-dealkylation sites (tertiary alicyclic amines) is 1. The number of benzene rings is 2. The Balaban J connectivity index is 1.75. The van der Waals surface area contributed by atoms with Crippen molar-refractivity contribution in [2.45, 2.75) is 33.1 Å². The number of amides is 2. The smallest absolute Gasteiger partial charge is 0.282 e. The van der Waals surface area contributed by atoms with E-state index in [-0.39, 0.29) is 11.8 Å². The normalized spacial score (nSPS) is 16.9. The highest BCUT2D eigenvalue weighted by atomic mass is 16.5. The summed E-state index contributed by atoms with van der Waals surface area (Å²) in [5, 5.41) is 0. The third-order valence-corrected chi connectivity index (χ3v) is 5.36. The number of ether oxygens (including phenoxy) is 1. The standard InChI is InChI=1S/C24H26N2O3/c1-3-15-29-20-11-9-18(10-12-20)21-22(25-13-4-5-14-25)24(28)26(23(21)27)19-8-6-7-17(2)16-19/h6-12,16H,3-5,13-15H2,1-2H3. The second-order valence-corrected chi connectivity index (χ2v) is 7.58. The van der Waals surface area contributed by atoms with Gasteiger partial charge in [0, 0.05) is 13.1 Å². The van der Waals surface area contributed by atoms with Crippen LogP contribution in [0.3, 0.4) is 0 Å². The highest BCUT2D eigenvalue weighted by Crippen LogP contribution is 2.36. The van der Waals surface area contributed by atoms with Crippen molar-refractivity contribution in [3.05, 3.63) is 65.4 Å². The molecule has 2 aliphatic heterocycles. The lowest BCUT2D eigenvalue weighted by Gasteiger charge is -2.20. The maximum absolute atomic E-state index is 13.4. The van der Waals surface area contributed by atoms with Crippen LogP contribution in [0.5, 0.6) is 5.75 Å². The van der Waals surface area contributed by atoms with Gasteiger partial charge in [-0.1, -0.05) is 31.2 Å². The molecule has 0 bridgehead atoms. The number of anilines is 1. The van der Waals surface area contributed by atoms with Gasteiger partial charge in [-0.15, -0.1) is 0 Å². The fourth-order valence-corrected chi connectivity index (χ4v) is 3.95. The molecule has 1 saturated heterocycles. The Kier molecular flexibility index (Phi) is 5.38. The van der Waals surface area contributed by atoms with Crippen LogP contribution in [-0.2, 0) is 9.59 Å². The molecule has 2 aliphatic rings. The average Bonchev–Trinajstić information content (AvgIpc) is 3.33. The molecule has 0 aromatic heterocycles. The summed E-state index contributed by atoms with van der Waals surface area (Å²) >= 11 is 0. The highest BCUT2D eigenvalue weighted by molar-refractivity contribution is 6.45. The van der Waals surface area contributed by atoms with Crippen LogP contribution in [0.4, 0.5) is 5.69 Å². The first-order valence-corrected chi connectivity index (χ1v) is 10.3. The molecule has 0 radical (unpaired) electrons. The third-order valence-electron chi connectivity index (χ3n) is 5.36. The van der Waals surface area contributed by atoms with E-state index >= 15 is 0 Å². The van der Waals surface area contributed by atoms with Crippen molar-refractivity contribution in [3.8, 4) is 5.75 Å². The molecule has 0 N–H and O–H groups in total. The first kappa shape index (κ1) is 19.2. The van der Waals surface area contributed by atoms with Crippen molar-refractivity contribution in [2.24, 2.45) is 0 Å². The maximum Gasteiger partial charge on any atom is 0.282 e. The summed E-state index contributed by atoms with van der Waals surface area (Å²) in [6.07, 6.45) is 3.00. The van der Waals surface area contributed by atoms with Gasteiger partial charge >= 0.3 is 0 Å². The molecule has 2 aromatic carbocycles. The minimum Gasteiger partial charge on any atom is -0.494 e. The summed E-state index contributed by atoms with van der Waals surface area (Å²) < 4.78 is 5.66. The number of hydrogen-bond acceptors (Lipinski definition) is 4. The monoisotopic (exact) mass is 390 g/mol. The van der Waals surface area contributed by atoms with Gasteiger partial charge in [-0.05, 0) is 61.6 Å². The zero-order valence-corrected chi connectivity index (χ0v) is 17.0. The zero-order valence-electron chi connectivity index (χ0n) is 17.0. The molecule has 4 rings (SSSR count). The van der Waals surface area contributed by atoms with Crippen LogP contribution in [-0.4, -0.2) is 36.4 Å². The summed E-state index contributed by atoms with van der Waals surface area (Å²) in [5.41, 5.74) is 3.40. The fourth-order valence-electron chi connectivity index (χ4n) is 3.95. The van der Waals surface area contributed by atoms with Gasteiger partial charge in [0.25, 0.3) is 11.8 Å². The molecule has 5 heteroatoms. The van der Waals surface area contributed by atoms with Gasteiger partial charge in [0.05, 0.1) is 17.9 Å². The Morgan fingerprint density at radius 3 is 2.34 bits per heavy atom. The lowest BCUT2D eigenvalue weighted by molar-refractivity contribution is -0.120. The minimum absolute atomic E-state index is 0.233. The number of nitrogens with zero attached hydrogens (tertiary/aromatic N) is 2. The summed E-state index contributed by atoms with van der Waals surface area (Å²) in [6.45, 7) is 6.28. The Labute approximate surface area is 171 Å². The van der Waals surface area contributed by atoms with Gasteiger partial charge in [-0.2, -0.15) is 0 Å². The van der Waals surface area contributed by atoms with Crippen LogP contribution in [0, 0.1) is 6.92 Å². The van der Waals surface area contributed by atoms with E-state index in [0.29, 0.717) is 23.6 Å². The summed E-state index contributed by atoms with van der Waals surface area (Å²) in [4.78, 5) is 30.2. The second kappa shape index (κ2) is 8.11. The van der Waals surface area contributed by atoms with Crippen molar-refractivity contribution in [1.82, 2.24) is 4.90 Å². The van der Waals surface area contributed by atoms with Crippen molar-refractivity contribution in [2.75, 3.05) is 24.6 Å². The van der Waals surface area contributed by atoms with Crippen molar-refractivity contribution in [3.63, 3.8) is 0 Å². The average molecular weight is 390 g/mol. The molecule has 2 heterocycles. The van der Waals surface area contributed by atoms with E-state index in [1.54, 1.807) is 0 Å². The Hall–Kier alpha value is -3.08. The minimum atomic E-state index is -0.260. The first-order chi connectivity index (χ1) is 14.1. The third kappa shape index (κ3) is 3.65. The lowest BCUT2D eigenvalue weighted by atomic mass is 10.0. The summed E-state index contributed by atoms with van der Waals surface area (Å²) in [5.74, 6) is 0.278. The first-order valence-electron chi connectivity index (χ1n) is 10.3. The number of aryl methyl sites for hydroxylation is 1. The van der Waals surface area contributed by atoms with Crippen LogP contribution < -0.4 is 9.64 Å². The van der Waals surface area contributed by atoms with E-state index in [0.717, 1.165) is 49.2 Å². The predicted molar refractivity (Wildman–Crippen MR) is 114 cm³/mol. The summed E-state index contributed by atoms with van der Waals surface area (Å²) in [6, 6.07) is 15.0. The Morgan fingerprint density at radius 2 is 1.69 bits per heavy atom. The molecule has 29 heavy (non-hydrogen) atoms. The van der Waals surface area contributed by atoms with E-state index in [1.165, 1.54) is 4.90 Å². The van der Waals surface area contributed by atoms with Crippen molar-refractivity contribution < 1.29 is 14.3 Å². The fraction of sp³-hybridized carbons (Fsp3) is 0.333. The highest BCUT2D eigenvalue weighted by Gasteiger charge is 2.42. The number of carbonyl (C=O) groups is 2. The number of imide groups is 1. The molecule has 2 amide bonds. The van der Waals surface area contributed by atoms with E-state index < -0.39 is 0 Å². The molecule has 5 nitrogen and oxygen atoms in total. The molecule has 2 aromatic rings. The molecule has 0 saturated carbocycles. The van der Waals surface area contributed by atoms with Crippen molar-refractivity contribution >= 4 is 23.1 Å². The van der Waals surface area contributed by atoms with Gasteiger partial charge in [-0.25, -0.2) is 4.90 Å². The molecular formula is C24H26N2O3. The van der Waals surface area contributed by atoms with Gasteiger partial charge < -0.3 is 9.64 Å². The maximum atomic E-state index is 13.4. The predicted octanol–water partition coefficient (Wildman–Crippen LogP) is 4.16. The summed E-state index contributed by atoms with van der Waals surface area (Å²) in [7, 11) is 0.